The number of nitrogens with zero attached hydrogens (tertiary/aromatic N) is 1. The lowest BCUT2D eigenvalue weighted by Crippen LogP contribution is -2.42. The van der Waals surface area contributed by atoms with Crippen LogP contribution in [0.25, 0.3) is 0 Å². The van der Waals surface area contributed by atoms with Crippen LogP contribution >= 0.6 is 0 Å². The Morgan fingerprint density at radius 3 is 3.07 bits per heavy atom. The number of nitrogens with one attached hydrogen (secondary N) is 1. The summed E-state index contributed by atoms with van der Waals surface area (Å²) in [6.45, 7) is 3.40. The molecule has 2 bridgehead atoms. The van der Waals surface area contributed by atoms with E-state index >= 15 is 0 Å². The van der Waals surface area contributed by atoms with Crippen molar-refractivity contribution in [2.75, 3.05) is 18.8 Å². The molecule has 2 atom stereocenters. The summed E-state index contributed by atoms with van der Waals surface area (Å²) >= 11 is 0. The molecule has 0 aromatic heterocycles. The summed E-state index contributed by atoms with van der Waals surface area (Å²) < 4.78 is 0. The average molecular weight is 203 g/mol. The van der Waals surface area contributed by atoms with Gasteiger partial charge in [0.1, 0.15) is 0 Å². The fourth-order valence-electron chi connectivity index (χ4n) is 2.77. The van der Waals surface area contributed by atoms with E-state index in [4.69, 9.17) is 5.73 Å². The molecule has 3 heteroatoms. The SMILES string of the molecule is Nc1cccc(CN2CC3CC2CN3)c1. The molecule has 15 heavy (non-hydrogen) atoms. The summed E-state index contributed by atoms with van der Waals surface area (Å²) in [6, 6.07) is 9.71. The van der Waals surface area contributed by atoms with Crippen LogP contribution in [-0.4, -0.2) is 30.1 Å². The van der Waals surface area contributed by atoms with E-state index in [0.717, 1.165) is 30.9 Å². The third-order valence-electron chi connectivity index (χ3n) is 3.51. The predicted octanol–water partition coefficient (Wildman–Crippen LogP) is 0.815. The first-order valence-electron chi connectivity index (χ1n) is 5.63. The van der Waals surface area contributed by atoms with E-state index in [9.17, 15) is 0 Å². The van der Waals surface area contributed by atoms with E-state index in [1.54, 1.807) is 0 Å². The largest absolute Gasteiger partial charge is 0.399 e. The van der Waals surface area contributed by atoms with Crippen molar-refractivity contribution in [3.63, 3.8) is 0 Å². The Balaban J connectivity index is 1.71. The summed E-state index contributed by atoms with van der Waals surface area (Å²) in [5, 5.41) is 3.52. The van der Waals surface area contributed by atoms with Crippen molar-refractivity contribution in [3.05, 3.63) is 29.8 Å². The molecular weight excluding hydrogens is 186 g/mol. The zero-order chi connectivity index (χ0) is 10.3. The van der Waals surface area contributed by atoms with Crippen LogP contribution in [-0.2, 0) is 6.54 Å². The molecule has 3 N–H and O–H groups in total. The average Bonchev–Trinajstić information content (AvgIpc) is 2.79. The van der Waals surface area contributed by atoms with Gasteiger partial charge in [0.2, 0.25) is 0 Å². The summed E-state index contributed by atoms with van der Waals surface area (Å²) in [5.74, 6) is 0. The van der Waals surface area contributed by atoms with Gasteiger partial charge in [0.25, 0.3) is 0 Å². The number of fused-ring (bicyclic) bond motifs is 2. The molecule has 2 heterocycles. The Bertz CT molecular complexity index is 364. The molecule has 2 saturated heterocycles. The Morgan fingerprint density at radius 2 is 2.40 bits per heavy atom. The molecular formula is C12H17N3. The fraction of sp³-hybridized carbons (Fsp3) is 0.500. The van der Waals surface area contributed by atoms with Crippen molar-refractivity contribution >= 4 is 5.69 Å². The third kappa shape index (κ3) is 1.73. The molecule has 2 fully saturated rings. The van der Waals surface area contributed by atoms with Gasteiger partial charge in [0.05, 0.1) is 0 Å². The fourth-order valence-corrected chi connectivity index (χ4v) is 2.77. The zero-order valence-corrected chi connectivity index (χ0v) is 8.82. The molecule has 1 aromatic carbocycles. The van der Waals surface area contributed by atoms with Crippen molar-refractivity contribution in [2.45, 2.75) is 25.0 Å². The van der Waals surface area contributed by atoms with Crippen LogP contribution in [0.15, 0.2) is 24.3 Å². The zero-order valence-electron chi connectivity index (χ0n) is 8.82. The van der Waals surface area contributed by atoms with Gasteiger partial charge >= 0.3 is 0 Å². The summed E-state index contributed by atoms with van der Waals surface area (Å²) in [5.41, 5.74) is 7.98. The van der Waals surface area contributed by atoms with Crippen molar-refractivity contribution in [1.82, 2.24) is 10.2 Å². The maximum Gasteiger partial charge on any atom is 0.0317 e. The molecule has 2 aliphatic heterocycles. The highest BCUT2D eigenvalue weighted by molar-refractivity contribution is 5.40. The normalized spacial score (nSPS) is 29.9. The summed E-state index contributed by atoms with van der Waals surface area (Å²) in [4.78, 5) is 2.57. The van der Waals surface area contributed by atoms with E-state index < -0.39 is 0 Å². The van der Waals surface area contributed by atoms with Gasteiger partial charge in [-0.3, -0.25) is 4.90 Å². The maximum absolute atomic E-state index is 5.78. The van der Waals surface area contributed by atoms with Gasteiger partial charge in [-0.05, 0) is 24.1 Å². The molecule has 3 rings (SSSR count). The van der Waals surface area contributed by atoms with E-state index in [-0.39, 0.29) is 0 Å². The van der Waals surface area contributed by atoms with Crippen molar-refractivity contribution in [3.8, 4) is 0 Å². The maximum atomic E-state index is 5.78. The van der Waals surface area contributed by atoms with Crippen LogP contribution in [0.3, 0.4) is 0 Å². The van der Waals surface area contributed by atoms with Gasteiger partial charge in [-0.15, -0.1) is 0 Å². The lowest BCUT2D eigenvalue weighted by molar-refractivity contribution is 0.218. The minimum atomic E-state index is 0.732. The van der Waals surface area contributed by atoms with Crippen LogP contribution in [0.1, 0.15) is 12.0 Å². The topological polar surface area (TPSA) is 41.3 Å². The molecule has 2 aliphatic rings. The lowest BCUT2D eigenvalue weighted by atomic mass is 10.2. The number of hydrogen-bond acceptors (Lipinski definition) is 3. The smallest absolute Gasteiger partial charge is 0.0317 e. The highest BCUT2D eigenvalue weighted by Crippen LogP contribution is 2.25. The van der Waals surface area contributed by atoms with E-state index in [0.29, 0.717) is 0 Å². The van der Waals surface area contributed by atoms with Gasteiger partial charge in [0.15, 0.2) is 0 Å². The lowest BCUT2D eigenvalue weighted by Gasteiger charge is -2.27. The number of likely N-dealkylation sites (tertiary alicyclic amines) is 1. The number of piperazine rings is 1. The molecule has 0 aliphatic carbocycles. The number of nitrogen functional groups attached to an aromatic ring is 1. The van der Waals surface area contributed by atoms with Crippen molar-refractivity contribution < 1.29 is 0 Å². The van der Waals surface area contributed by atoms with Crippen molar-refractivity contribution in [2.24, 2.45) is 0 Å². The number of hydrogen-bond donors (Lipinski definition) is 2. The Labute approximate surface area is 90.3 Å². The van der Waals surface area contributed by atoms with Gasteiger partial charge < -0.3 is 11.1 Å². The first-order valence-corrected chi connectivity index (χ1v) is 5.63. The van der Waals surface area contributed by atoms with Gasteiger partial charge in [-0.2, -0.15) is 0 Å². The molecule has 1 aromatic rings. The van der Waals surface area contributed by atoms with E-state index in [1.807, 2.05) is 12.1 Å². The van der Waals surface area contributed by atoms with E-state index in [2.05, 4.69) is 22.3 Å². The minimum Gasteiger partial charge on any atom is -0.399 e. The standard InChI is InChI=1S/C12H17N3/c13-10-3-1-2-9(4-10)7-15-8-11-5-12(15)6-14-11/h1-4,11-12,14H,5-8,13H2. The Kier molecular flexibility index (Phi) is 2.15. The monoisotopic (exact) mass is 203 g/mol. The van der Waals surface area contributed by atoms with Crippen molar-refractivity contribution in [1.29, 1.82) is 0 Å². The third-order valence-corrected chi connectivity index (χ3v) is 3.51. The first kappa shape index (κ1) is 9.19. The molecule has 0 radical (unpaired) electrons. The van der Waals surface area contributed by atoms with Crippen LogP contribution in [0.2, 0.25) is 0 Å². The predicted molar refractivity (Wildman–Crippen MR) is 61.5 cm³/mol. The van der Waals surface area contributed by atoms with Gasteiger partial charge in [-0.1, -0.05) is 12.1 Å². The number of nitrogens with two attached hydrogens (primary N) is 1. The second-order valence-corrected chi connectivity index (χ2v) is 4.67. The van der Waals surface area contributed by atoms with E-state index in [1.165, 1.54) is 18.5 Å². The second kappa shape index (κ2) is 3.51. The van der Waals surface area contributed by atoms with Gasteiger partial charge in [-0.25, -0.2) is 0 Å². The summed E-state index contributed by atoms with van der Waals surface area (Å²) in [7, 11) is 0. The molecule has 3 nitrogen and oxygen atoms in total. The molecule has 0 amide bonds. The van der Waals surface area contributed by atoms with Crippen LogP contribution in [0.4, 0.5) is 5.69 Å². The second-order valence-electron chi connectivity index (χ2n) is 4.67. The Morgan fingerprint density at radius 1 is 1.47 bits per heavy atom. The first-order chi connectivity index (χ1) is 7.31. The van der Waals surface area contributed by atoms with Crippen LogP contribution in [0.5, 0.6) is 0 Å². The minimum absolute atomic E-state index is 0.732. The molecule has 2 unspecified atom stereocenters. The number of rotatable bonds is 2. The van der Waals surface area contributed by atoms with Crippen LogP contribution in [0, 0.1) is 0 Å². The quantitative estimate of drug-likeness (QED) is 0.699. The van der Waals surface area contributed by atoms with Crippen LogP contribution < -0.4 is 11.1 Å². The molecule has 0 saturated carbocycles. The highest BCUT2D eigenvalue weighted by Gasteiger charge is 2.37. The highest BCUT2D eigenvalue weighted by atomic mass is 15.3. The van der Waals surface area contributed by atoms with Gasteiger partial charge in [0, 0.05) is 37.4 Å². The number of anilines is 1. The number of benzene rings is 1. The molecule has 80 valence electrons. The molecule has 0 spiro atoms. The summed E-state index contributed by atoms with van der Waals surface area (Å²) in [6.07, 6.45) is 1.32. The Hall–Kier alpha value is -1.06.